The third-order valence-electron chi connectivity index (χ3n) is 6.85. The smallest absolute Gasteiger partial charge is 0.328 e. The molecule has 3 aromatic rings. The summed E-state index contributed by atoms with van der Waals surface area (Å²) in [5.41, 5.74) is 3.73. The van der Waals surface area contributed by atoms with E-state index >= 15 is 0 Å². The predicted octanol–water partition coefficient (Wildman–Crippen LogP) is 6.64. The number of para-hydroxylation sites is 1. The van der Waals surface area contributed by atoms with Gasteiger partial charge in [0.2, 0.25) is 5.91 Å². The molecule has 0 spiro atoms. The van der Waals surface area contributed by atoms with Gasteiger partial charge in [-0.25, -0.2) is 4.79 Å². The first-order valence-corrected chi connectivity index (χ1v) is 12.8. The summed E-state index contributed by atoms with van der Waals surface area (Å²) in [5.74, 6) is -0.939. The molecule has 1 aliphatic carbocycles. The number of carboxylic acid groups (broad SMARTS) is 1. The Kier molecular flexibility index (Phi) is 8.55. The number of amides is 1. The fraction of sp³-hybridized carbons (Fsp3) is 0.300. The molecule has 1 fully saturated rings. The molecule has 3 aromatic carbocycles. The van der Waals surface area contributed by atoms with Crippen molar-refractivity contribution in [1.82, 2.24) is 0 Å². The Labute approximate surface area is 217 Å². The molecule has 3 atom stereocenters. The van der Waals surface area contributed by atoms with Crippen LogP contribution in [0, 0.1) is 11.8 Å². The average molecular weight is 503 g/mol. The summed E-state index contributed by atoms with van der Waals surface area (Å²) in [6, 6.07) is 23.8. The van der Waals surface area contributed by atoms with Gasteiger partial charge in [0.1, 0.15) is 6.04 Å². The molecule has 0 aromatic heterocycles. The van der Waals surface area contributed by atoms with Gasteiger partial charge in [-0.05, 0) is 49.8 Å². The van der Waals surface area contributed by atoms with Gasteiger partial charge in [0.15, 0.2) is 0 Å². The minimum Gasteiger partial charge on any atom is -0.480 e. The van der Waals surface area contributed by atoms with E-state index < -0.39 is 12.0 Å². The lowest BCUT2D eigenvalue weighted by molar-refractivity contribution is -0.138. The van der Waals surface area contributed by atoms with Crippen molar-refractivity contribution in [3.8, 4) is 0 Å². The van der Waals surface area contributed by atoms with Crippen LogP contribution in [0.4, 0.5) is 5.69 Å². The predicted molar refractivity (Wildman–Crippen MR) is 145 cm³/mol. The van der Waals surface area contributed by atoms with Crippen LogP contribution in [-0.2, 0) is 16.0 Å². The van der Waals surface area contributed by atoms with Crippen LogP contribution in [0.2, 0.25) is 5.02 Å². The quantitative estimate of drug-likeness (QED) is 0.339. The van der Waals surface area contributed by atoms with Crippen molar-refractivity contribution in [2.45, 2.75) is 45.1 Å². The van der Waals surface area contributed by atoms with Crippen LogP contribution in [0.3, 0.4) is 0 Å². The van der Waals surface area contributed by atoms with Crippen LogP contribution in [0.1, 0.15) is 49.3 Å². The number of nitrogens with zero attached hydrogens (tertiary/aromatic N) is 1. The van der Waals surface area contributed by atoms with Crippen molar-refractivity contribution in [2.75, 3.05) is 5.32 Å². The average Bonchev–Trinajstić information content (AvgIpc) is 2.89. The van der Waals surface area contributed by atoms with Crippen LogP contribution >= 0.6 is 11.6 Å². The molecule has 4 rings (SSSR count). The van der Waals surface area contributed by atoms with Gasteiger partial charge in [0.25, 0.3) is 0 Å². The zero-order valence-corrected chi connectivity index (χ0v) is 21.1. The van der Waals surface area contributed by atoms with Crippen LogP contribution in [0.25, 0.3) is 0 Å². The van der Waals surface area contributed by atoms with Gasteiger partial charge in [0, 0.05) is 22.1 Å². The monoisotopic (exact) mass is 502 g/mol. The highest BCUT2D eigenvalue weighted by atomic mass is 35.5. The van der Waals surface area contributed by atoms with Gasteiger partial charge in [-0.3, -0.25) is 9.79 Å². The molecule has 0 heterocycles. The molecule has 5 nitrogen and oxygen atoms in total. The number of aliphatic carboxylic acids is 1. The van der Waals surface area contributed by atoms with Gasteiger partial charge in [0.05, 0.1) is 11.4 Å². The van der Waals surface area contributed by atoms with Crippen molar-refractivity contribution in [3.63, 3.8) is 0 Å². The second-order valence-electron chi connectivity index (χ2n) is 9.34. The molecule has 1 aliphatic rings. The number of carbonyl (C=O) groups excluding carboxylic acids is 1. The van der Waals surface area contributed by atoms with Gasteiger partial charge in [-0.2, -0.15) is 0 Å². The molecule has 0 saturated heterocycles. The third kappa shape index (κ3) is 6.21. The third-order valence-corrected chi connectivity index (χ3v) is 7.22. The lowest BCUT2D eigenvalue weighted by Crippen LogP contribution is -2.33. The Balaban J connectivity index is 1.63. The summed E-state index contributed by atoms with van der Waals surface area (Å²) in [7, 11) is 0. The van der Waals surface area contributed by atoms with Crippen LogP contribution in [-0.4, -0.2) is 28.7 Å². The molecule has 1 saturated carbocycles. The minimum atomic E-state index is -1.01. The Morgan fingerprint density at radius 3 is 2.39 bits per heavy atom. The first-order valence-electron chi connectivity index (χ1n) is 12.4. The number of nitrogens with one attached hydrogen (secondary N) is 1. The first kappa shape index (κ1) is 25.6. The molecule has 0 radical (unpaired) electrons. The fourth-order valence-electron chi connectivity index (χ4n) is 4.91. The molecule has 36 heavy (non-hydrogen) atoms. The zero-order chi connectivity index (χ0) is 25.5. The van der Waals surface area contributed by atoms with E-state index in [0.717, 1.165) is 48.3 Å². The van der Waals surface area contributed by atoms with E-state index in [4.69, 9.17) is 11.6 Å². The largest absolute Gasteiger partial charge is 0.480 e. The van der Waals surface area contributed by atoms with Crippen LogP contribution in [0.5, 0.6) is 0 Å². The van der Waals surface area contributed by atoms with E-state index in [1.807, 2.05) is 78.9 Å². The highest BCUT2D eigenvalue weighted by Gasteiger charge is 2.32. The second-order valence-corrected chi connectivity index (χ2v) is 9.75. The molecule has 1 amide bonds. The summed E-state index contributed by atoms with van der Waals surface area (Å²) in [4.78, 5) is 29.7. The van der Waals surface area contributed by atoms with E-state index in [0.29, 0.717) is 17.0 Å². The lowest BCUT2D eigenvalue weighted by atomic mass is 9.75. The Morgan fingerprint density at radius 2 is 1.64 bits per heavy atom. The van der Waals surface area contributed by atoms with E-state index in [2.05, 4.69) is 10.3 Å². The fourth-order valence-corrected chi connectivity index (χ4v) is 5.12. The van der Waals surface area contributed by atoms with Crippen molar-refractivity contribution in [3.05, 3.63) is 101 Å². The number of carboxylic acids is 1. The topological polar surface area (TPSA) is 78.8 Å². The number of anilines is 1. The molecule has 6 heteroatoms. The van der Waals surface area contributed by atoms with E-state index in [1.165, 1.54) is 0 Å². The number of rotatable bonds is 8. The Hall–Kier alpha value is -3.44. The first-order chi connectivity index (χ1) is 17.4. The van der Waals surface area contributed by atoms with Gasteiger partial charge in [-0.1, -0.05) is 91.2 Å². The Morgan fingerprint density at radius 1 is 0.972 bits per heavy atom. The van der Waals surface area contributed by atoms with Gasteiger partial charge >= 0.3 is 5.97 Å². The Bertz CT molecular complexity index is 1240. The summed E-state index contributed by atoms with van der Waals surface area (Å²) in [6.07, 6.45) is 4.71. The van der Waals surface area contributed by atoms with Crippen molar-refractivity contribution >= 4 is 34.9 Å². The SMILES string of the molecule is C[C@@H](N=C(c1ccccc1)c1ccccc1NC(=O)C1CCCCC1Cc1ccccc1Cl)C(=O)O. The molecule has 0 aliphatic heterocycles. The van der Waals surface area contributed by atoms with Crippen LogP contribution in [0.15, 0.2) is 83.9 Å². The summed E-state index contributed by atoms with van der Waals surface area (Å²) in [5, 5.41) is 13.4. The number of carbonyl (C=O) groups is 2. The van der Waals surface area contributed by atoms with Gasteiger partial charge < -0.3 is 10.4 Å². The molecule has 186 valence electrons. The molecule has 0 bridgehead atoms. The summed E-state index contributed by atoms with van der Waals surface area (Å²) in [6.45, 7) is 1.55. The lowest BCUT2D eigenvalue weighted by Gasteiger charge is -2.31. The maximum atomic E-state index is 13.6. The highest BCUT2D eigenvalue weighted by Crippen LogP contribution is 2.35. The summed E-state index contributed by atoms with van der Waals surface area (Å²) >= 11 is 6.42. The maximum Gasteiger partial charge on any atom is 0.328 e. The number of benzene rings is 3. The van der Waals surface area contributed by atoms with Crippen molar-refractivity contribution < 1.29 is 14.7 Å². The molecular weight excluding hydrogens is 472 g/mol. The number of hydrogen-bond acceptors (Lipinski definition) is 3. The van der Waals surface area contributed by atoms with E-state index in [9.17, 15) is 14.7 Å². The van der Waals surface area contributed by atoms with Gasteiger partial charge in [-0.15, -0.1) is 0 Å². The number of hydrogen-bond donors (Lipinski definition) is 2. The van der Waals surface area contributed by atoms with Crippen molar-refractivity contribution in [1.29, 1.82) is 0 Å². The highest BCUT2D eigenvalue weighted by molar-refractivity contribution is 6.31. The molecular formula is C30H31ClN2O3. The molecule has 2 unspecified atom stereocenters. The minimum absolute atomic E-state index is 0.0158. The second kappa shape index (κ2) is 12.0. The maximum absolute atomic E-state index is 13.6. The van der Waals surface area contributed by atoms with Crippen LogP contribution < -0.4 is 5.32 Å². The van der Waals surface area contributed by atoms with E-state index in [-0.39, 0.29) is 17.7 Å². The zero-order valence-electron chi connectivity index (χ0n) is 20.4. The van der Waals surface area contributed by atoms with E-state index in [1.54, 1.807) is 6.92 Å². The standard InChI is InChI=1S/C30H31ClN2O3/c1-20(30(35)36)32-28(21-11-3-2-4-12-21)25-16-8-10-18-27(25)33-29(34)24-15-7-5-13-22(24)19-23-14-6-9-17-26(23)31/h2-4,6,8-12,14,16-18,20,22,24H,5,7,13,15,19H2,1H3,(H,33,34)(H,35,36)/t20-,22?,24?/m1/s1. The normalized spacial score (nSPS) is 18.9. The van der Waals surface area contributed by atoms with Crippen molar-refractivity contribution in [2.24, 2.45) is 16.8 Å². The summed E-state index contributed by atoms with van der Waals surface area (Å²) < 4.78 is 0. The number of aliphatic imine (C=N–C) groups is 1. The number of halogens is 1. The molecule has 2 N–H and O–H groups in total.